The first-order valence-corrected chi connectivity index (χ1v) is 3.20. The number of nitrogens with zero attached hydrogens (tertiary/aromatic N) is 1. The van der Waals surface area contributed by atoms with E-state index in [0.717, 1.165) is 26.2 Å². The second kappa shape index (κ2) is 3.64. The fourth-order valence-corrected chi connectivity index (χ4v) is 0.863. The summed E-state index contributed by atoms with van der Waals surface area (Å²) in [7, 11) is 0. The lowest BCUT2D eigenvalue weighted by molar-refractivity contribution is 0.0924. The van der Waals surface area contributed by atoms with Crippen molar-refractivity contribution in [2.75, 3.05) is 26.2 Å². The molecule has 0 saturated carbocycles. The van der Waals surface area contributed by atoms with E-state index in [1.807, 2.05) is 12.7 Å². The van der Waals surface area contributed by atoms with Gasteiger partial charge in [0.2, 0.25) is 0 Å². The number of rotatable bonds is 2. The normalized spacial score (nSPS) is 21.8. The fourth-order valence-electron chi connectivity index (χ4n) is 0.863. The maximum absolute atomic E-state index is 5.05. The van der Waals surface area contributed by atoms with Gasteiger partial charge in [0.15, 0.2) is 0 Å². The zero-order chi connectivity index (χ0) is 6.53. The Bertz CT molecular complexity index is 86.9. The monoisotopic (exact) mass is 126 g/mol. The van der Waals surface area contributed by atoms with E-state index < -0.39 is 0 Å². The van der Waals surface area contributed by atoms with Gasteiger partial charge in [0.05, 0.1) is 13.2 Å². The Kier molecular flexibility index (Phi) is 2.74. The Hall–Kier alpha value is -0.340. The van der Waals surface area contributed by atoms with Crippen molar-refractivity contribution in [3.8, 4) is 0 Å². The zero-order valence-electron chi connectivity index (χ0n) is 5.55. The van der Waals surface area contributed by atoms with Crippen LogP contribution >= 0.6 is 0 Å². The summed E-state index contributed by atoms with van der Waals surface area (Å²) >= 11 is 0. The van der Waals surface area contributed by atoms with Gasteiger partial charge in [-0.15, -0.1) is 6.58 Å². The van der Waals surface area contributed by atoms with Crippen LogP contribution in [0.4, 0.5) is 0 Å². The summed E-state index contributed by atoms with van der Waals surface area (Å²) in [6.07, 6.45) is 1.92. The molecule has 0 aromatic carbocycles. The number of ether oxygens (including phenoxy) is 1. The second-order valence-electron chi connectivity index (χ2n) is 2.09. The van der Waals surface area contributed by atoms with Crippen LogP contribution in [0.25, 0.3) is 0 Å². The SMILES string of the molecule is C=CCN1C[CH]OCC1. The van der Waals surface area contributed by atoms with E-state index in [1.165, 1.54) is 0 Å². The van der Waals surface area contributed by atoms with Crippen LogP contribution in [0.1, 0.15) is 0 Å². The highest BCUT2D eigenvalue weighted by atomic mass is 16.5. The summed E-state index contributed by atoms with van der Waals surface area (Å²) in [4.78, 5) is 2.27. The molecule has 1 aliphatic heterocycles. The van der Waals surface area contributed by atoms with Gasteiger partial charge in [-0.2, -0.15) is 0 Å². The molecule has 0 aromatic rings. The first-order chi connectivity index (χ1) is 4.43. The Morgan fingerprint density at radius 1 is 1.78 bits per heavy atom. The standard InChI is InChI=1S/C7H12NO/c1-2-3-8-4-6-9-7-5-8/h2,6H,1,3-5,7H2. The van der Waals surface area contributed by atoms with E-state index in [1.54, 1.807) is 0 Å². The summed E-state index contributed by atoms with van der Waals surface area (Å²) < 4.78 is 5.05. The molecule has 0 N–H and O–H groups in total. The Morgan fingerprint density at radius 2 is 2.67 bits per heavy atom. The minimum atomic E-state index is 0.827. The van der Waals surface area contributed by atoms with Crippen LogP contribution in [0.3, 0.4) is 0 Å². The molecular formula is C7H12NO. The van der Waals surface area contributed by atoms with E-state index in [4.69, 9.17) is 4.74 Å². The van der Waals surface area contributed by atoms with Gasteiger partial charge in [0.25, 0.3) is 0 Å². The maximum atomic E-state index is 5.05. The Morgan fingerprint density at radius 3 is 3.22 bits per heavy atom. The molecule has 2 nitrogen and oxygen atoms in total. The van der Waals surface area contributed by atoms with Crippen molar-refractivity contribution in [1.29, 1.82) is 0 Å². The van der Waals surface area contributed by atoms with Crippen molar-refractivity contribution >= 4 is 0 Å². The van der Waals surface area contributed by atoms with Gasteiger partial charge in [-0.05, 0) is 0 Å². The minimum absolute atomic E-state index is 0.827. The van der Waals surface area contributed by atoms with Crippen LogP contribution in [0.5, 0.6) is 0 Å². The summed E-state index contributed by atoms with van der Waals surface area (Å²) in [6.45, 7) is 9.26. The highest BCUT2D eigenvalue weighted by Crippen LogP contribution is 1.98. The van der Waals surface area contributed by atoms with E-state index in [-0.39, 0.29) is 0 Å². The second-order valence-corrected chi connectivity index (χ2v) is 2.09. The van der Waals surface area contributed by atoms with Crippen molar-refractivity contribution in [3.05, 3.63) is 19.3 Å². The van der Waals surface area contributed by atoms with Crippen LogP contribution in [-0.2, 0) is 4.74 Å². The molecule has 0 atom stereocenters. The molecule has 0 aliphatic carbocycles. The molecule has 1 rings (SSSR count). The van der Waals surface area contributed by atoms with Crippen molar-refractivity contribution < 1.29 is 4.74 Å². The molecule has 1 aliphatic rings. The third-order valence-electron chi connectivity index (χ3n) is 1.36. The summed E-state index contributed by atoms with van der Waals surface area (Å²) in [5, 5.41) is 0. The van der Waals surface area contributed by atoms with Gasteiger partial charge in [0, 0.05) is 19.6 Å². The Labute approximate surface area is 56.1 Å². The van der Waals surface area contributed by atoms with Crippen LogP contribution in [0.2, 0.25) is 0 Å². The molecule has 1 heterocycles. The van der Waals surface area contributed by atoms with Gasteiger partial charge in [-0.3, -0.25) is 4.90 Å². The topological polar surface area (TPSA) is 12.5 Å². The highest BCUT2D eigenvalue weighted by Gasteiger charge is 2.07. The summed E-state index contributed by atoms with van der Waals surface area (Å²) in [6, 6.07) is 0. The average molecular weight is 126 g/mol. The maximum Gasteiger partial charge on any atom is 0.0976 e. The van der Waals surface area contributed by atoms with Crippen molar-refractivity contribution in [2.24, 2.45) is 0 Å². The average Bonchev–Trinajstić information content (AvgIpc) is 1.91. The molecule has 0 unspecified atom stereocenters. The lowest BCUT2D eigenvalue weighted by Crippen LogP contribution is -2.33. The van der Waals surface area contributed by atoms with Crippen molar-refractivity contribution in [3.63, 3.8) is 0 Å². The third kappa shape index (κ3) is 2.16. The van der Waals surface area contributed by atoms with E-state index in [0.29, 0.717) is 0 Å². The summed E-state index contributed by atoms with van der Waals surface area (Å²) in [5.74, 6) is 0. The minimum Gasteiger partial charge on any atom is -0.373 e. The number of hydrogen-bond acceptors (Lipinski definition) is 2. The smallest absolute Gasteiger partial charge is 0.0976 e. The predicted molar refractivity (Wildman–Crippen MR) is 36.9 cm³/mol. The molecular weight excluding hydrogens is 114 g/mol. The molecule has 0 spiro atoms. The van der Waals surface area contributed by atoms with Gasteiger partial charge >= 0.3 is 0 Å². The number of morpholine rings is 1. The first-order valence-electron chi connectivity index (χ1n) is 3.20. The molecule has 0 amide bonds. The van der Waals surface area contributed by atoms with Crippen LogP contribution in [0.15, 0.2) is 12.7 Å². The molecule has 1 saturated heterocycles. The van der Waals surface area contributed by atoms with Crippen LogP contribution in [-0.4, -0.2) is 31.1 Å². The number of hydrogen-bond donors (Lipinski definition) is 0. The van der Waals surface area contributed by atoms with E-state index in [9.17, 15) is 0 Å². The van der Waals surface area contributed by atoms with Gasteiger partial charge < -0.3 is 4.74 Å². The highest BCUT2D eigenvalue weighted by molar-refractivity contribution is 4.77. The van der Waals surface area contributed by atoms with E-state index >= 15 is 0 Å². The molecule has 1 radical (unpaired) electrons. The lowest BCUT2D eigenvalue weighted by atomic mass is 10.4. The van der Waals surface area contributed by atoms with Crippen molar-refractivity contribution in [2.45, 2.75) is 0 Å². The largest absolute Gasteiger partial charge is 0.373 e. The van der Waals surface area contributed by atoms with E-state index in [2.05, 4.69) is 11.5 Å². The first kappa shape index (κ1) is 6.78. The van der Waals surface area contributed by atoms with Crippen molar-refractivity contribution in [1.82, 2.24) is 4.90 Å². The predicted octanol–water partition coefficient (Wildman–Crippen LogP) is 0.666. The van der Waals surface area contributed by atoms with Crippen LogP contribution in [0, 0.1) is 6.61 Å². The third-order valence-corrected chi connectivity index (χ3v) is 1.36. The molecule has 0 aromatic heterocycles. The molecule has 2 heteroatoms. The molecule has 1 fully saturated rings. The zero-order valence-corrected chi connectivity index (χ0v) is 5.55. The van der Waals surface area contributed by atoms with Gasteiger partial charge in [0.1, 0.15) is 0 Å². The van der Waals surface area contributed by atoms with Crippen LogP contribution < -0.4 is 0 Å². The molecule has 9 heavy (non-hydrogen) atoms. The lowest BCUT2D eigenvalue weighted by Gasteiger charge is -2.24. The Balaban J connectivity index is 2.15. The van der Waals surface area contributed by atoms with Gasteiger partial charge in [-0.1, -0.05) is 6.08 Å². The quantitative estimate of drug-likeness (QED) is 0.504. The fraction of sp³-hybridized carbons (Fsp3) is 0.571. The molecule has 0 bridgehead atoms. The van der Waals surface area contributed by atoms with Gasteiger partial charge in [-0.25, -0.2) is 0 Å². The summed E-state index contributed by atoms with van der Waals surface area (Å²) in [5.41, 5.74) is 0. The molecule has 51 valence electrons.